The minimum Gasteiger partial charge on any atom is -0.484 e. The van der Waals surface area contributed by atoms with Crippen molar-refractivity contribution in [3.8, 4) is 11.4 Å². The molecule has 0 saturated heterocycles. The molecule has 0 radical (unpaired) electrons. The second-order valence-electron chi connectivity index (χ2n) is 4.91. The molecule has 7 heteroatoms. The van der Waals surface area contributed by atoms with Gasteiger partial charge in [0.05, 0.1) is 0 Å². The van der Waals surface area contributed by atoms with Crippen molar-refractivity contribution < 1.29 is 13.9 Å². The normalized spacial score (nSPS) is 10.4. The number of rotatable bonds is 5. The lowest BCUT2D eigenvalue weighted by Crippen LogP contribution is -2.20. The van der Waals surface area contributed by atoms with Gasteiger partial charge in [-0.25, -0.2) is 9.07 Å². The summed E-state index contributed by atoms with van der Waals surface area (Å²) in [6, 6.07) is 13.5. The second kappa shape index (κ2) is 7.43. The van der Waals surface area contributed by atoms with E-state index in [4.69, 9.17) is 4.74 Å². The van der Waals surface area contributed by atoms with Crippen LogP contribution in [0.25, 0.3) is 5.69 Å². The molecule has 2 aromatic carbocycles. The number of hydrogen-bond acceptors (Lipinski definition) is 3. The molecule has 122 valence electrons. The van der Waals surface area contributed by atoms with E-state index in [0.717, 1.165) is 3.57 Å². The van der Waals surface area contributed by atoms with E-state index < -0.39 is 5.82 Å². The largest absolute Gasteiger partial charge is 0.484 e. The van der Waals surface area contributed by atoms with Gasteiger partial charge in [-0.05, 0) is 71.1 Å². The molecule has 0 unspecified atom stereocenters. The first-order valence-electron chi connectivity index (χ1n) is 7.09. The van der Waals surface area contributed by atoms with Crippen LogP contribution in [-0.4, -0.2) is 22.3 Å². The highest BCUT2D eigenvalue weighted by molar-refractivity contribution is 14.1. The monoisotopic (exact) mass is 437 g/mol. The molecule has 1 aromatic heterocycles. The molecule has 0 aliphatic heterocycles. The highest BCUT2D eigenvalue weighted by Gasteiger charge is 2.09. The lowest BCUT2D eigenvalue weighted by Gasteiger charge is -2.09. The third-order valence-electron chi connectivity index (χ3n) is 3.17. The zero-order valence-corrected chi connectivity index (χ0v) is 14.6. The third kappa shape index (κ3) is 4.10. The Bertz CT molecular complexity index is 836. The molecule has 0 aliphatic carbocycles. The maximum Gasteiger partial charge on any atom is 0.262 e. The number of benzene rings is 2. The van der Waals surface area contributed by atoms with Gasteiger partial charge in [0.25, 0.3) is 5.91 Å². The Morgan fingerprint density at radius 3 is 2.71 bits per heavy atom. The van der Waals surface area contributed by atoms with E-state index in [-0.39, 0.29) is 12.5 Å². The number of carbonyl (C=O) groups excluding carboxylic acids is 1. The zero-order valence-electron chi connectivity index (χ0n) is 12.4. The lowest BCUT2D eigenvalue weighted by molar-refractivity contribution is -0.118. The number of ether oxygens (including phenoxy) is 1. The first-order valence-corrected chi connectivity index (χ1v) is 8.17. The van der Waals surface area contributed by atoms with Crippen LogP contribution in [-0.2, 0) is 4.79 Å². The molecule has 0 aliphatic rings. The Morgan fingerprint density at radius 1 is 1.25 bits per heavy atom. The molecule has 0 saturated carbocycles. The van der Waals surface area contributed by atoms with Gasteiger partial charge in [-0.3, -0.25) is 4.79 Å². The van der Waals surface area contributed by atoms with Crippen molar-refractivity contribution >= 4 is 34.2 Å². The van der Waals surface area contributed by atoms with E-state index in [1.54, 1.807) is 42.7 Å². The molecule has 3 rings (SSSR count). The van der Waals surface area contributed by atoms with Crippen LogP contribution >= 0.6 is 22.6 Å². The van der Waals surface area contributed by atoms with Gasteiger partial charge >= 0.3 is 0 Å². The highest BCUT2D eigenvalue weighted by Crippen LogP contribution is 2.18. The van der Waals surface area contributed by atoms with Crippen molar-refractivity contribution in [1.29, 1.82) is 0 Å². The Hall–Kier alpha value is -2.42. The van der Waals surface area contributed by atoms with Crippen LogP contribution in [0.5, 0.6) is 5.75 Å². The molecule has 0 fully saturated rings. The summed E-state index contributed by atoms with van der Waals surface area (Å²) in [5.41, 5.74) is 0.674. The molecule has 24 heavy (non-hydrogen) atoms. The fourth-order valence-electron chi connectivity index (χ4n) is 2.06. The highest BCUT2D eigenvalue weighted by atomic mass is 127. The molecule has 3 aromatic rings. The van der Waals surface area contributed by atoms with Gasteiger partial charge in [0, 0.05) is 21.7 Å². The van der Waals surface area contributed by atoms with Crippen molar-refractivity contribution in [1.82, 2.24) is 9.78 Å². The van der Waals surface area contributed by atoms with Gasteiger partial charge in [-0.1, -0.05) is 0 Å². The van der Waals surface area contributed by atoms with Crippen molar-refractivity contribution in [2.75, 3.05) is 11.9 Å². The van der Waals surface area contributed by atoms with E-state index in [9.17, 15) is 9.18 Å². The summed E-state index contributed by atoms with van der Waals surface area (Å²) in [7, 11) is 0. The Kier molecular flexibility index (Phi) is 5.09. The van der Waals surface area contributed by atoms with E-state index in [2.05, 4.69) is 33.0 Å². The number of amides is 1. The Balaban J connectivity index is 1.60. The van der Waals surface area contributed by atoms with E-state index in [1.807, 2.05) is 12.1 Å². The Labute approximate surface area is 151 Å². The van der Waals surface area contributed by atoms with Crippen molar-refractivity contribution in [3.05, 3.63) is 70.3 Å². The van der Waals surface area contributed by atoms with Gasteiger partial charge in [-0.2, -0.15) is 5.10 Å². The quantitative estimate of drug-likeness (QED) is 0.621. The fourth-order valence-corrected chi connectivity index (χ4v) is 2.42. The number of hydrogen-bond donors (Lipinski definition) is 1. The average Bonchev–Trinajstić information content (AvgIpc) is 3.09. The maximum absolute atomic E-state index is 14.1. The number of nitrogens with one attached hydrogen (secondary N) is 1. The predicted molar refractivity (Wildman–Crippen MR) is 96.8 cm³/mol. The molecule has 0 bridgehead atoms. The summed E-state index contributed by atoms with van der Waals surface area (Å²) in [5, 5.41) is 6.58. The van der Waals surface area contributed by atoms with E-state index in [0.29, 0.717) is 17.1 Å². The molecule has 1 heterocycles. The van der Waals surface area contributed by atoms with Crippen LogP contribution < -0.4 is 10.1 Å². The summed E-state index contributed by atoms with van der Waals surface area (Å²) in [4.78, 5) is 11.9. The number of anilines is 1. The Morgan fingerprint density at radius 2 is 2.04 bits per heavy atom. The minimum atomic E-state index is -0.477. The lowest BCUT2D eigenvalue weighted by atomic mass is 10.2. The van der Waals surface area contributed by atoms with Crippen molar-refractivity contribution in [2.45, 2.75) is 0 Å². The minimum absolute atomic E-state index is 0.150. The predicted octanol–water partition coefficient (Wildman–Crippen LogP) is 3.63. The first kappa shape index (κ1) is 16.4. The van der Waals surface area contributed by atoms with Gasteiger partial charge in [-0.15, -0.1) is 0 Å². The fraction of sp³-hybridized carbons (Fsp3) is 0.0588. The standard InChI is InChI=1S/C17H13FIN3O2/c18-15-10-13(4-7-16(15)22-9-1-8-20-22)21-17(23)11-24-14-5-2-12(19)3-6-14/h1-10H,11H2,(H,21,23). The second-order valence-corrected chi connectivity index (χ2v) is 6.15. The van der Waals surface area contributed by atoms with Gasteiger partial charge in [0.1, 0.15) is 11.4 Å². The molecule has 1 amide bonds. The van der Waals surface area contributed by atoms with E-state index >= 15 is 0 Å². The summed E-state index contributed by atoms with van der Waals surface area (Å²) in [6.07, 6.45) is 3.21. The molecule has 1 N–H and O–H groups in total. The average molecular weight is 437 g/mol. The first-order chi connectivity index (χ1) is 11.6. The van der Waals surface area contributed by atoms with Gasteiger partial charge in [0.15, 0.2) is 12.4 Å². The van der Waals surface area contributed by atoms with Crippen LogP contribution in [0.3, 0.4) is 0 Å². The van der Waals surface area contributed by atoms with Crippen LogP contribution in [0.2, 0.25) is 0 Å². The number of nitrogens with zero attached hydrogens (tertiary/aromatic N) is 2. The summed E-state index contributed by atoms with van der Waals surface area (Å²) in [5.74, 6) is -0.236. The van der Waals surface area contributed by atoms with E-state index in [1.165, 1.54) is 10.7 Å². The SMILES string of the molecule is O=C(COc1ccc(I)cc1)Nc1ccc(-n2cccn2)c(F)c1. The zero-order chi connectivity index (χ0) is 16.9. The molecule has 0 atom stereocenters. The number of carbonyl (C=O) groups is 1. The van der Waals surface area contributed by atoms with Crippen LogP contribution in [0.15, 0.2) is 60.9 Å². The summed E-state index contributed by atoms with van der Waals surface area (Å²) < 4.78 is 22.0. The maximum atomic E-state index is 14.1. The number of aromatic nitrogens is 2. The van der Waals surface area contributed by atoms with Crippen LogP contribution in [0, 0.1) is 9.39 Å². The summed E-state index contributed by atoms with van der Waals surface area (Å²) in [6.45, 7) is -0.150. The van der Waals surface area contributed by atoms with Crippen LogP contribution in [0.1, 0.15) is 0 Å². The van der Waals surface area contributed by atoms with Crippen LogP contribution in [0.4, 0.5) is 10.1 Å². The molecular weight excluding hydrogens is 424 g/mol. The number of halogens is 2. The van der Waals surface area contributed by atoms with Crippen molar-refractivity contribution in [3.63, 3.8) is 0 Å². The third-order valence-corrected chi connectivity index (χ3v) is 3.89. The van der Waals surface area contributed by atoms with Gasteiger partial charge < -0.3 is 10.1 Å². The smallest absolute Gasteiger partial charge is 0.262 e. The topological polar surface area (TPSA) is 56.1 Å². The van der Waals surface area contributed by atoms with Crippen molar-refractivity contribution in [2.24, 2.45) is 0 Å². The van der Waals surface area contributed by atoms with Gasteiger partial charge in [0.2, 0.25) is 0 Å². The summed E-state index contributed by atoms with van der Waals surface area (Å²) >= 11 is 2.19. The molecular formula is C17H13FIN3O2. The molecule has 5 nitrogen and oxygen atoms in total. The molecule has 0 spiro atoms.